The van der Waals surface area contributed by atoms with Crippen molar-refractivity contribution in [3.05, 3.63) is 0 Å². The van der Waals surface area contributed by atoms with Gasteiger partial charge in [0.1, 0.15) is 5.60 Å². The van der Waals surface area contributed by atoms with Gasteiger partial charge in [-0.25, -0.2) is 0 Å². The Hall–Kier alpha value is -0.610. The number of carbonyl (C=O) groups is 1. The number of likely N-dealkylation sites (tertiary alicyclic amines) is 1. The Morgan fingerprint density at radius 2 is 2.19 bits per heavy atom. The number of ether oxygens (including phenoxy) is 2. The molecular weight excluding hydrogens is 206 g/mol. The minimum absolute atomic E-state index is 0.0493. The molecule has 0 aliphatic carbocycles. The smallest absolute Gasteiger partial charge is 0.310 e. The Bertz CT molecular complexity index is 268. The standard InChI is InChI=1S/C12H21NO3/c1-12(2,3)16-11(14)9-4-5-13(6-9)7-10-8-15-10/h9-10H,4-8H2,1-3H3/t9-,10+/m0/s1. The quantitative estimate of drug-likeness (QED) is 0.534. The zero-order chi connectivity index (χ0) is 11.8. The summed E-state index contributed by atoms with van der Waals surface area (Å²) in [5.41, 5.74) is -0.371. The van der Waals surface area contributed by atoms with Gasteiger partial charge in [-0.15, -0.1) is 0 Å². The molecule has 0 bridgehead atoms. The van der Waals surface area contributed by atoms with Crippen molar-refractivity contribution in [2.45, 2.75) is 38.9 Å². The van der Waals surface area contributed by atoms with Crippen LogP contribution in [0.4, 0.5) is 0 Å². The Kier molecular flexibility index (Phi) is 3.22. The van der Waals surface area contributed by atoms with Gasteiger partial charge < -0.3 is 9.47 Å². The summed E-state index contributed by atoms with van der Waals surface area (Å²) in [6.45, 7) is 9.41. The predicted octanol–water partition coefficient (Wildman–Crippen LogP) is 1.05. The maximum absolute atomic E-state index is 11.8. The van der Waals surface area contributed by atoms with Gasteiger partial charge in [-0.1, -0.05) is 0 Å². The number of hydrogen-bond donors (Lipinski definition) is 0. The molecule has 2 atom stereocenters. The van der Waals surface area contributed by atoms with Crippen LogP contribution in [0, 0.1) is 5.92 Å². The number of rotatable bonds is 3. The molecule has 0 radical (unpaired) electrons. The van der Waals surface area contributed by atoms with Crippen molar-refractivity contribution < 1.29 is 14.3 Å². The van der Waals surface area contributed by atoms with E-state index in [0.29, 0.717) is 6.10 Å². The average molecular weight is 227 g/mol. The SMILES string of the molecule is CC(C)(C)OC(=O)[C@H]1CCN(C[C@@H]2CO2)C1. The van der Waals surface area contributed by atoms with Crippen LogP contribution >= 0.6 is 0 Å². The summed E-state index contributed by atoms with van der Waals surface area (Å²) >= 11 is 0. The normalized spacial score (nSPS) is 30.4. The molecule has 2 saturated heterocycles. The van der Waals surface area contributed by atoms with Crippen LogP contribution in [-0.2, 0) is 14.3 Å². The van der Waals surface area contributed by atoms with Gasteiger partial charge >= 0.3 is 5.97 Å². The maximum atomic E-state index is 11.8. The zero-order valence-corrected chi connectivity index (χ0v) is 10.4. The second-order valence-electron chi connectivity index (χ2n) is 5.73. The van der Waals surface area contributed by atoms with Gasteiger partial charge in [0.25, 0.3) is 0 Å². The molecule has 0 aromatic heterocycles. The molecule has 92 valence electrons. The van der Waals surface area contributed by atoms with Gasteiger partial charge in [-0.2, -0.15) is 0 Å². The minimum Gasteiger partial charge on any atom is -0.460 e. The van der Waals surface area contributed by atoms with E-state index in [1.807, 2.05) is 20.8 Å². The van der Waals surface area contributed by atoms with E-state index in [2.05, 4.69) is 4.90 Å². The first-order valence-electron chi connectivity index (χ1n) is 6.01. The highest BCUT2D eigenvalue weighted by molar-refractivity contribution is 5.73. The third-order valence-corrected chi connectivity index (χ3v) is 2.88. The van der Waals surface area contributed by atoms with Crippen molar-refractivity contribution in [2.24, 2.45) is 5.92 Å². The first kappa shape index (κ1) is 11.9. The number of carbonyl (C=O) groups excluding carboxylic acids is 1. The summed E-state index contributed by atoms with van der Waals surface area (Å²) in [5.74, 6) is 0.00434. The fourth-order valence-electron chi connectivity index (χ4n) is 2.04. The van der Waals surface area contributed by atoms with Gasteiger partial charge in [0.2, 0.25) is 0 Å². The van der Waals surface area contributed by atoms with Crippen LogP contribution in [0.3, 0.4) is 0 Å². The lowest BCUT2D eigenvalue weighted by Crippen LogP contribution is -2.31. The van der Waals surface area contributed by atoms with Crippen molar-refractivity contribution in [1.29, 1.82) is 0 Å². The van der Waals surface area contributed by atoms with E-state index in [9.17, 15) is 4.79 Å². The van der Waals surface area contributed by atoms with E-state index < -0.39 is 0 Å². The van der Waals surface area contributed by atoms with Gasteiger partial charge in [-0.05, 0) is 33.7 Å². The zero-order valence-electron chi connectivity index (χ0n) is 10.4. The summed E-state index contributed by atoms with van der Waals surface area (Å²) < 4.78 is 10.6. The topological polar surface area (TPSA) is 42.1 Å². The van der Waals surface area contributed by atoms with E-state index >= 15 is 0 Å². The third-order valence-electron chi connectivity index (χ3n) is 2.88. The second-order valence-corrected chi connectivity index (χ2v) is 5.73. The van der Waals surface area contributed by atoms with E-state index in [1.165, 1.54) is 0 Å². The maximum Gasteiger partial charge on any atom is 0.310 e. The molecule has 0 saturated carbocycles. The van der Waals surface area contributed by atoms with Crippen LogP contribution in [0.25, 0.3) is 0 Å². The molecule has 0 unspecified atom stereocenters. The van der Waals surface area contributed by atoms with Crippen molar-refractivity contribution in [2.75, 3.05) is 26.2 Å². The molecule has 4 heteroatoms. The molecule has 0 spiro atoms. The summed E-state index contributed by atoms with van der Waals surface area (Å²) in [6, 6.07) is 0. The fraction of sp³-hybridized carbons (Fsp3) is 0.917. The van der Waals surface area contributed by atoms with Crippen molar-refractivity contribution in [3.8, 4) is 0 Å². The lowest BCUT2D eigenvalue weighted by atomic mass is 10.1. The molecule has 2 fully saturated rings. The predicted molar refractivity (Wildman–Crippen MR) is 60.1 cm³/mol. The van der Waals surface area contributed by atoms with E-state index in [1.54, 1.807) is 0 Å². The molecule has 0 aromatic rings. The fourth-order valence-corrected chi connectivity index (χ4v) is 2.04. The highest BCUT2D eigenvalue weighted by atomic mass is 16.6. The van der Waals surface area contributed by atoms with Crippen LogP contribution in [-0.4, -0.2) is 48.8 Å². The Morgan fingerprint density at radius 3 is 2.75 bits per heavy atom. The molecule has 0 aromatic carbocycles. The molecule has 2 rings (SSSR count). The van der Waals surface area contributed by atoms with E-state index in [-0.39, 0.29) is 17.5 Å². The van der Waals surface area contributed by atoms with E-state index in [0.717, 1.165) is 32.7 Å². The van der Waals surface area contributed by atoms with Crippen molar-refractivity contribution >= 4 is 5.97 Å². The minimum atomic E-state index is -0.371. The van der Waals surface area contributed by atoms with Gasteiger partial charge in [0.05, 0.1) is 18.6 Å². The van der Waals surface area contributed by atoms with Gasteiger partial charge in [0.15, 0.2) is 0 Å². The molecule has 16 heavy (non-hydrogen) atoms. The van der Waals surface area contributed by atoms with Crippen LogP contribution < -0.4 is 0 Å². The number of esters is 1. The van der Waals surface area contributed by atoms with E-state index in [4.69, 9.17) is 9.47 Å². The largest absolute Gasteiger partial charge is 0.460 e. The molecule has 4 nitrogen and oxygen atoms in total. The number of hydrogen-bond acceptors (Lipinski definition) is 4. The summed E-state index contributed by atoms with van der Waals surface area (Å²) in [6.07, 6.45) is 1.33. The Labute approximate surface area is 96.9 Å². The molecular formula is C12H21NO3. The number of nitrogens with zero attached hydrogens (tertiary/aromatic N) is 1. The molecule has 0 N–H and O–H groups in total. The summed E-state index contributed by atoms with van der Waals surface area (Å²) in [7, 11) is 0. The van der Waals surface area contributed by atoms with Crippen LogP contribution in [0.15, 0.2) is 0 Å². The highest BCUT2D eigenvalue weighted by Crippen LogP contribution is 2.22. The van der Waals surface area contributed by atoms with Crippen LogP contribution in [0.5, 0.6) is 0 Å². The van der Waals surface area contributed by atoms with Crippen molar-refractivity contribution in [3.63, 3.8) is 0 Å². The number of epoxide rings is 1. The average Bonchev–Trinajstić information content (AvgIpc) is 2.78. The molecule has 2 heterocycles. The molecule has 2 aliphatic rings. The van der Waals surface area contributed by atoms with Crippen molar-refractivity contribution in [1.82, 2.24) is 4.90 Å². The highest BCUT2D eigenvalue weighted by Gasteiger charge is 2.34. The Morgan fingerprint density at radius 1 is 1.50 bits per heavy atom. The van der Waals surface area contributed by atoms with Crippen LogP contribution in [0.1, 0.15) is 27.2 Å². The summed E-state index contributed by atoms with van der Waals surface area (Å²) in [4.78, 5) is 14.1. The summed E-state index contributed by atoms with van der Waals surface area (Å²) in [5, 5.41) is 0. The monoisotopic (exact) mass is 227 g/mol. The second kappa shape index (κ2) is 4.34. The lowest BCUT2D eigenvalue weighted by Gasteiger charge is -2.22. The molecule has 0 amide bonds. The Balaban J connectivity index is 1.76. The van der Waals surface area contributed by atoms with Gasteiger partial charge in [0, 0.05) is 13.1 Å². The van der Waals surface area contributed by atoms with Gasteiger partial charge in [-0.3, -0.25) is 9.69 Å². The van der Waals surface area contributed by atoms with Crippen LogP contribution in [0.2, 0.25) is 0 Å². The first-order chi connectivity index (χ1) is 7.44. The first-order valence-corrected chi connectivity index (χ1v) is 6.01. The third kappa shape index (κ3) is 3.46. The lowest BCUT2D eigenvalue weighted by molar-refractivity contribution is -0.159. The molecule has 2 aliphatic heterocycles.